The topological polar surface area (TPSA) is 105 Å². The number of aryl methyl sites for hydroxylation is 2. The summed E-state index contributed by atoms with van der Waals surface area (Å²) in [4.78, 5) is 49.5. The largest absolute Gasteiger partial charge is 0.454 e. The van der Waals surface area contributed by atoms with Gasteiger partial charge in [-0.1, -0.05) is 25.8 Å². The summed E-state index contributed by atoms with van der Waals surface area (Å²) in [5, 5.41) is 5.34. The standard InChI is InChI=1S/C21H27N3O5/c1-3-4-10-21(2)19(27)24(20(28)23-21)12-18(26)29-13-17(25)22-16-9-8-14-6-5-7-15(14)11-16/h8-9,11H,3-7,10,12-13H2,1-2H3,(H,22,25)(H,23,28)/t21-/m0/s1. The third-order valence-corrected chi connectivity index (χ3v) is 5.41. The van der Waals surface area contributed by atoms with Gasteiger partial charge in [-0.15, -0.1) is 0 Å². The van der Waals surface area contributed by atoms with Crippen LogP contribution in [0.2, 0.25) is 0 Å². The van der Waals surface area contributed by atoms with E-state index in [1.54, 1.807) is 6.92 Å². The van der Waals surface area contributed by atoms with Gasteiger partial charge in [0.05, 0.1) is 0 Å². The van der Waals surface area contributed by atoms with E-state index in [2.05, 4.69) is 10.6 Å². The summed E-state index contributed by atoms with van der Waals surface area (Å²) in [6.45, 7) is 2.65. The highest BCUT2D eigenvalue weighted by atomic mass is 16.5. The fourth-order valence-electron chi connectivity index (χ4n) is 3.76. The van der Waals surface area contributed by atoms with Gasteiger partial charge in [0.25, 0.3) is 11.8 Å². The normalized spacial score (nSPS) is 20.4. The van der Waals surface area contributed by atoms with E-state index in [-0.39, 0.29) is 0 Å². The first kappa shape index (κ1) is 20.8. The van der Waals surface area contributed by atoms with Crippen molar-refractivity contribution in [1.82, 2.24) is 10.2 Å². The molecular formula is C21H27N3O5. The molecule has 0 spiro atoms. The third kappa shape index (κ3) is 4.75. The molecule has 1 aromatic rings. The number of hydrogen-bond donors (Lipinski definition) is 2. The number of carbonyl (C=O) groups excluding carboxylic acids is 4. The van der Waals surface area contributed by atoms with Crippen LogP contribution in [-0.2, 0) is 32.0 Å². The van der Waals surface area contributed by atoms with Crippen molar-refractivity contribution in [1.29, 1.82) is 0 Å². The highest BCUT2D eigenvalue weighted by molar-refractivity contribution is 6.08. The smallest absolute Gasteiger partial charge is 0.326 e. The Labute approximate surface area is 170 Å². The maximum absolute atomic E-state index is 12.5. The van der Waals surface area contributed by atoms with E-state index >= 15 is 0 Å². The molecule has 3 rings (SSSR count). The quantitative estimate of drug-likeness (QED) is 0.513. The minimum Gasteiger partial charge on any atom is -0.454 e. The van der Waals surface area contributed by atoms with E-state index < -0.39 is 42.5 Å². The number of hydrogen-bond acceptors (Lipinski definition) is 5. The molecule has 0 bridgehead atoms. The van der Waals surface area contributed by atoms with Crippen LogP contribution in [0.5, 0.6) is 0 Å². The van der Waals surface area contributed by atoms with Gasteiger partial charge in [-0.3, -0.25) is 19.3 Å². The Morgan fingerprint density at radius 3 is 2.76 bits per heavy atom. The average Bonchev–Trinajstić information content (AvgIpc) is 3.23. The zero-order valence-corrected chi connectivity index (χ0v) is 16.9. The second kappa shape index (κ2) is 8.63. The molecule has 29 heavy (non-hydrogen) atoms. The highest BCUT2D eigenvalue weighted by Gasteiger charge is 2.47. The van der Waals surface area contributed by atoms with Crippen LogP contribution >= 0.6 is 0 Å². The molecule has 0 unspecified atom stereocenters. The van der Waals surface area contributed by atoms with E-state index in [4.69, 9.17) is 4.74 Å². The first-order valence-corrected chi connectivity index (χ1v) is 10.0. The van der Waals surface area contributed by atoms with Crippen LogP contribution in [0.1, 0.15) is 50.7 Å². The fraction of sp³-hybridized carbons (Fsp3) is 0.524. The molecule has 1 aliphatic carbocycles. The van der Waals surface area contributed by atoms with Crippen molar-refractivity contribution in [3.05, 3.63) is 29.3 Å². The molecule has 4 amide bonds. The van der Waals surface area contributed by atoms with E-state index in [9.17, 15) is 19.2 Å². The molecule has 1 aromatic carbocycles. The fourth-order valence-corrected chi connectivity index (χ4v) is 3.76. The molecule has 8 heteroatoms. The third-order valence-electron chi connectivity index (χ3n) is 5.41. The predicted octanol–water partition coefficient (Wildman–Crippen LogP) is 2.16. The molecule has 1 heterocycles. The lowest BCUT2D eigenvalue weighted by Crippen LogP contribution is -2.44. The zero-order valence-electron chi connectivity index (χ0n) is 16.9. The maximum atomic E-state index is 12.5. The molecule has 1 saturated heterocycles. The molecule has 1 aliphatic heterocycles. The van der Waals surface area contributed by atoms with Crippen LogP contribution in [-0.4, -0.2) is 47.4 Å². The van der Waals surface area contributed by atoms with Crippen molar-refractivity contribution in [3.8, 4) is 0 Å². The number of anilines is 1. The summed E-state index contributed by atoms with van der Waals surface area (Å²) < 4.78 is 4.95. The molecule has 2 aliphatic rings. The van der Waals surface area contributed by atoms with Gasteiger partial charge >= 0.3 is 12.0 Å². The summed E-state index contributed by atoms with van der Waals surface area (Å²) >= 11 is 0. The predicted molar refractivity (Wildman–Crippen MR) is 106 cm³/mol. The van der Waals surface area contributed by atoms with E-state index in [0.717, 1.165) is 37.0 Å². The van der Waals surface area contributed by atoms with Gasteiger partial charge in [0.15, 0.2) is 6.61 Å². The number of benzene rings is 1. The summed E-state index contributed by atoms with van der Waals surface area (Å²) in [5.41, 5.74) is 2.18. The maximum Gasteiger partial charge on any atom is 0.326 e. The molecule has 1 fully saturated rings. The van der Waals surface area contributed by atoms with Crippen LogP contribution in [0.15, 0.2) is 18.2 Å². The van der Waals surface area contributed by atoms with Crippen LogP contribution in [0.3, 0.4) is 0 Å². The Hall–Kier alpha value is -2.90. The van der Waals surface area contributed by atoms with E-state index in [0.29, 0.717) is 12.1 Å². The van der Waals surface area contributed by atoms with Gasteiger partial charge in [-0.05, 0) is 55.9 Å². The number of rotatable bonds is 8. The van der Waals surface area contributed by atoms with Gasteiger partial charge in [0.1, 0.15) is 12.1 Å². The zero-order chi connectivity index (χ0) is 21.0. The van der Waals surface area contributed by atoms with Crippen molar-refractivity contribution in [2.24, 2.45) is 0 Å². The number of nitrogens with one attached hydrogen (secondary N) is 2. The lowest BCUT2D eigenvalue weighted by atomic mass is 9.95. The Morgan fingerprint density at radius 1 is 1.24 bits per heavy atom. The summed E-state index contributed by atoms with van der Waals surface area (Å²) in [6, 6.07) is 5.14. The number of carbonyl (C=O) groups is 4. The Bertz CT molecular complexity index is 838. The van der Waals surface area contributed by atoms with Gasteiger partial charge in [0, 0.05) is 5.69 Å². The first-order chi connectivity index (χ1) is 13.8. The molecule has 2 N–H and O–H groups in total. The summed E-state index contributed by atoms with van der Waals surface area (Å²) in [6.07, 6.45) is 5.34. The van der Waals surface area contributed by atoms with E-state index in [1.807, 2.05) is 25.1 Å². The molecule has 156 valence electrons. The Kier molecular flexibility index (Phi) is 6.20. The number of fused-ring (bicyclic) bond motifs is 1. The second-order valence-electron chi connectivity index (χ2n) is 7.80. The van der Waals surface area contributed by atoms with Gasteiger partial charge < -0.3 is 15.4 Å². The lowest BCUT2D eigenvalue weighted by molar-refractivity contribution is -0.150. The minimum atomic E-state index is -1.00. The van der Waals surface area contributed by atoms with Crippen molar-refractivity contribution in [3.63, 3.8) is 0 Å². The molecule has 0 aromatic heterocycles. The SMILES string of the molecule is CCCC[C@]1(C)NC(=O)N(CC(=O)OCC(=O)Nc2ccc3c(c2)CCC3)C1=O. The number of unbranched alkanes of at least 4 members (excludes halogenated alkanes) is 1. The van der Waals surface area contributed by atoms with Crippen molar-refractivity contribution < 1.29 is 23.9 Å². The second-order valence-corrected chi connectivity index (χ2v) is 7.80. The number of amides is 4. The summed E-state index contributed by atoms with van der Waals surface area (Å²) in [7, 11) is 0. The van der Waals surface area contributed by atoms with Crippen molar-refractivity contribution in [2.45, 2.75) is 57.9 Å². The molecule has 8 nitrogen and oxygen atoms in total. The number of nitrogens with zero attached hydrogens (tertiary/aromatic N) is 1. The molecule has 1 atom stereocenters. The van der Waals surface area contributed by atoms with Crippen LogP contribution < -0.4 is 10.6 Å². The number of urea groups is 1. The van der Waals surface area contributed by atoms with Crippen molar-refractivity contribution >= 4 is 29.5 Å². The minimum absolute atomic E-state index is 0.449. The highest BCUT2D eigenvalue weighted by Crippen LogP contribution is 2.25. The number of esters is 1. The Balaban J connectivity index is 1.47. The van der Waals surface area contributed by atoms with Gasteiger partial charge in [-0.25, -0.2) is 4.79 Å². The monoisotopic (exact) mass is 401 g/mol. The van der Waals surface area contributed by atoms with E-state index in [1.165, 1.54) is 11.1 Å². The Morgan fingerprint density at radius 2 is 2.00 bits per heavy atom. The van der Waals surface area contributed by atoms with Gasteiger partial charge in [0.2, 0.25) is 0 Å². The first-order valence-electron chi connectivity index (χ1n) is 10.0. The van der Waals surface area contributed by atoms with Gasteiger partial charge in [-0.2, -0.15) is 0 Å². The molecule has 0 radical (unpaired) electrons. The van der Waals surface area contributed by atoms with Crippen LogP contribution in [0, 0.1) is 0 Å². The van der Waals surface area contributed by atoms with Crippen molar-refractivity contribution in [2.75, 3.05) is 18.5 Å². The van der Waals surface area contributed by atoms with Crippen LogP contribution in [0.4, 0.5) is 10.5 Å². The number of ether oxygens (including phenoxy) is 1. The molecule has 0 saturated carbocycles. The average molecular weight is 401 g/mol. The van der Waals surface area contributed by atoms with Crippen LogP contribution in [0.25, 0.3) is 0 Å². The molecular weight excluding hydrogens is 374 g/mol. The summed E-state index contributed by atoms with van der Waals surface area (Å²) in [5.74, 6) is -1.73. The number of imide groups is 1. The lowest BCUT2D eigenvalue weighted by Gasteiger charge is -2.21.